The van der Waals surface area contributed by atoms with E-state index in [4.69, 9.17) is 16.3 Å². The van der Waals surface area contributed by atoms with Gasteiger partial charge in [-0.2, -0.15) is 0 Å². The number of ether oxygens (including phenoxy) is 1. The van der Waals surface area contributed by atoms with Gasteiger partial charge in [-0.3, -0.25) is 4.79 Å². The first-order chi connectivity index (χ1) is 13.1. The number of amides is 1. The first-order valence-electron chi connectivity index (χ1n) is 8.83. The summed E-state index contributed by atoms with van der Waals surface area (Å²) in [5.41, 5.74) is 2.22. The molecular weight excluding hydrogens is 400 g/mol. The Kier molecular flexibility index (Phi) is 7.46. The lowest BCUT2D eigenvalue weighted by atomic mass is 10.2. The first-order valence-corrected chi connectivity index (χ1v) is 10.6. The molecule has 152 valence electrons. The second kappa shape index (κ2) is 9.41. The van der Waals surface area contributed by atoms with Crippen LogP contribution in [0.2, 0.25) is 5.02 Å². The van der Waals surface area contributed by atoms with Gasteiger partial charge < -0.3 is 10.1 Å². The van der Waals surface area contributed by atoms with E-state index < -0.39 is 10.0 Å². The third-order valence-corrected chi connectivity index (χ3v) is 6.25. The fraction of sp³-hybridized carbons (Fsp3) is 0.350. The highest BCUT2D eigenvalue weighted by molar-refractivity contribution is 7.89. The molecule has 2 rings (SSSR count). The van der Waals surface area contributed by atoms with Crippen LogP contribution < -0.4 is 10.1 Å². The molecule has 0 aliphatic rings. The maximum absolute atomic E-state index is 12.3. The topological polar surface area (TPSA) is 75.7 Å². The Morgan fingerprint density at radius 1 is 1.11 bits per heavy atom. The molecule has 0 fully saturated rings. The summed E-state index contributed by atoms with van der Waals surface area (Å²) in [6.07, 6.45) is 0.791. The predicted octanol–water partition coefficient (Wildman–Crippen LogP) is 4.00. The molecule has 0 aromatic heterocycles. The smallest absolute Gasteiger partial charge is 0.242 e. The summed E-state index contributed by atoms with van der Waals surface area (Å²) >= 11 is 5.92. The number of sulfonamides is 1. The molecule has 0 spiro atoms. The van der Waals surface area contributed by atoms with Crippen LogP contribution in [-0.2, 0) is 14.8 Å². The van der Waals surface area contributed by atoms with Crippen LogP contribution in [0.3, 0.4) is 0 Å². The van der Waals surface area contributed by atoms with E-state index in [0.29, 0.717) is 23.7 Å². The second-order valence-electron chi connectivity index (χ2n) is 6.67. The fourth-order valence-electron chi connectivity index (χ4n) is 2.51. The van der Waals surface area contributed by atoms with E-state index in [-0.39, 0.29) is 17.2 Å². The molecule has 1 N–H and O–H groups in total. The largest absolute Gasteiger partial charge is 0.493 e. The monoisotopic (exact) mass is 424 g/mol. The zero-order chi connectivity index (χ0) is 20.9. The average Bonchev–Trinajstić information content (AvgIpc) is 2.61. The number of rotatable bonds is 8. The Balaban J connectivity index is 1.92. The second-order valence-corrected chi connectivity index (χ2v) is 9.26. The number of carbonyl (C=O) groups is 1. The van der Waals surface area contributed by atoms with Crippen LogP contribution in [0.25, 0.3) is 0 Å². The molecule has 0 aliphatic heterocycles. The number of aryl methyl sites for hydroxylation is 2. The summed E-state index contributed by atoms with van der Waals surface area (Å²) in [5.74, 6) is 0.543. The SMILES string of the molecule is Cc1ccc(S(=O)(=O)N(C)C)cc1NC(=O)CCCOc1ccc(Cl)cc1C. The zero-order valence-electron chi connectivity index (χ0n) is 16.5. The highest BCUT2D eigenvalue weighted by Gasteiger charge is 2.18. The van der Waals surface area contributed by atoms with Gasteiger partial charge in [-0.05, 0) is 61.7 Å². The average molecular weight is 425 g/mol. The van der Waals surface area contributed by atoms with Gasteiger partial charge in [0.2, 0.25) is 15.9 Å². The normalized spacial score (nSPS) is 11.5. The van der Waals surface area contributed by atoms with Crippen molar-refractivity contribution in [2.24, 2.45) is 0 Å². The van der Waals surface area contributed by atoms with E-state index in [1.807, 2.05) is 19.9 Å². The number of hydrogen-bond acceptors (Lipinski definition) is 4. The maximum Gasteiger partial charge on any atom is 0.242 e. The molecule has 0 saturated carbocycles. The Labute approximate surface area is 171 Å². The van der Waals surface area contributed by atoms with Crippen molar-refractivity contribution < 1.29 is 17.9 Å². The van der Waals surface area contributed by atoms with Crippen molar-refractivity contribution in [3.8, 4) is 5.75 Å². The summed E-state index contributed by atoms with van der Waals surface area (Å²) in [6.45, 7) is 4.11. The van der Waals surface area contributed by atoms with Crippen molar-refractivity contribution in [2.75, 3.05) is 26.0 Å². The van der Waals surface area contributed by atoms with E-state index in [0.717, 1.165) is 21.2 Å². The van der Waals surface area contributed by atoms with Gasteiger partial charge in [0.25, 0.3) is 0 Å². The minimum atomic E-state index is -3.56. The van der Waals surface area contributed by atoms with Gasteiger partial charge in [-0.1, -0.05) is 17.7 Å². The molecule has 0 heterocycles. The molecule has 6 nitrogen and oxygen atoms in total. The molecule has 28 heavy (non-hydrogen) atoms. The zero-order valence-corrected chi connectivity index (χ0v) is 18.0. The summed E-state index contributed by atoms with van der Waals surface area (Å²) in [4.78, 5) is 12.4. The van der Waals surface area contributed by atoms with Gasteiger partial charge in [0.05, 0.1) is 11.5 Å². The van der Waals surface area contributed by atoms with E-state index in [2.05, 4.69) is 5.32 Å². The molecule has 2 aromatic rings. The summed E-state index contributed by atoms with van der Waals surface area (Å²) in [6, 6.07) is 10.1. The fourth-order valence-corrected chi connectivity index (χ4v) is 3.66. The molecule has 0 saturated heterocycles. The number of halogens is 1. The number of hydrogen-bond donors (Lipinski definition) is 1. The van der Waals surface area contributed by atoms with Crippen LogP contribution in [0, 0.1) is 13.8 Å². The Hall–Kier alpha value is -2.09. The van der Waals surface area contributed by atoms with Crippen LogP contribution >= 0.6 is 11.6 Å². The Morgan fingerprint density at radius 2 is 1.82 bits per heavy atom. The van der Waals surface area contributed by atoms with Crippen molar-refractivity contribution in [3.63, 3.8) is 0 Å². The molecule has 0 unspecified atom stereocenters. The number of nitrogens with one attached hydrogen (secondary N) is 1. The summed E-state index contributed by atoms with van der Waals surface area (Å²) < 4.78 is 31.3. The molecular formula is C20H25ClN2O4S. The first kappa shape index (κ1) is 22.2. The van der Waals surface area contributed by atoms with Gasteiger partial charge in [0, 0.05) is 31.2 Å². The molecule has 2 aromatic carbocycles. The highest BCUT2D eigenvalue weighted by Crippen LogP contribution is 2.23. The Bertz CT molecular complexity index is 959. The van der Waals surface area contributed by atoms with Crippen LogP contribution in [0.4, 0.5) is 5.69 Å². The number of carbonyl (C=O) groups excluding carboxylic acids is 1. The van der Waals surface area contributed by atoms with Crippen molar-refractivity contribution >= 4 is 33.2 Å². The van der Waals surface area contributed by atoms with Crippen LogP contribution in [0.1, 0.15) is 24.0 Å². The maximum atomic E-state index is 12.3. The van der Waals surface area contributed by atoms with Gasteiger partial charge >= 0.3 is 0 Å². The summed E-state index contributed by atoms with van der Waals surface area (Å²) in [7, 11) is -0.622. The molecule has 0 bridgehead atoms. The third-order valence-electron chi connectivity index (χ3n) is 4.20. The van der Waals surface area contributed by atoms with Crippen LogP contribution in [0.5, 0.6) is 5.75 Å². The highest BCUT2D eigenvalue weighted by atomic mass is 35.5. The lowest BCUT2D eigenvalue weighted by Gasteiger charge is -2.14. The minimum Gasteiger partial charge on any atom is -0.493 e. The quantitative estimate of drug-likeness (QED) is 0.649. The minimum absolute atomic E-state index is 0.139. The number of benzene rings is 2. The molecule has 0 radical (unpaired) electrons. The van der Waals surface area contributed by atoms with Crippen LogP contribution in [-0.4, -0.2) is 39.3 Å². The van der Waals surface area contributed by atoms with Gasteiger partial charge in [-0.15, -0.1) is 0 Å². The molecule has 0 aliphatic carbocycles. The molecule has 8 heteroatoms. The van der Waals surface area contributed by atoms with Gasteiger partial charge in [-0.25, -0.2) is 12.7 Å². The van der Waals surface area contributed by atoms with Crippen molar-refractivity contribution in [2.45, 2.75) is 31.6 Å². The van der Waals surface area contributed by atoms with Gasteiger partial charge in [0.15, 0.2) is 0 Å². The van der Waals surface area contributed by atoms with Crippen molar-refractivity contribution in [1.29, 1.82) is 0 Å². The molecule has 0 atom stereocenters. The van der Waals surface area contributed by atoms with Gasteiger partial charge in [0.1, 0.15) is 5.75 Å². The van der Waals surface area contributed by atoms with E-state index in [9.17, 15) is 13.2 Å². The summed E-state index contributed by atoms with van der Waals surface area (Å²) in [5, 5.41) is 3.44. The number of anilines is 1. The van der Waals surface area contributed by atoms with Crippen molar-refractivity contribution in [3.05, 3.63) is 52.5 Å². The van der Waals surface area contributed by atoms with Crippen molar-refractivity contribution in [1.82, 2.24) is 4.31 Å². The Morgan fingerprint density at radius 3 is 2.46 bits per heavy atom. The third kappa shape index (κ3) is 5.70. The lowest BCUT2D eigenvalue weighted by Crippen LogP contribution is -2.22. The van der Waals surface area contributed by atoms with E-state index >= 15 is 0 Å². The predicted molar refractivity (Wildman–Crippen MR) is 112 cm³/mol. The number of nitrogens with zero attached hydrogens (tertiary/aromatic N) is 1. The van der Waals surface area contributed by atoms with Crippen LogP contribution in [0.15, 0.2) is 41.3 Å². The lowest BCUT2D eigenvalue weighted by molar-refractivity contribution is -0.116. The molecule has 1 amide bonds. The van der Waals surface area contributed by atoms with E-state index in [1.165, 1.54) is 26.2 Å². The van der Waals surface area contributed by atoms with E-state index in [1.54, 1.807) is 18.2 Å². The standard InChI is InChI=1S/C20H25ClN2O4S/c1-14-7-9-17(28(25,26)23(3)4)13-18(14)22-20(24)6-5-11-27-19-10-8-16(21)12-15(19)2/h7-10,12-13H,5-6,11H2,1-4H3,(H,22,24).